The van der Waals surface area contributed by atoms with Gasteiger partial charge in [-0.2, -0.15) is 0 Å². The molecule has 0 amide bonds. The van der Waals surface area contributed by atoms with E-state index in [9.17, 15) is 0 Å². The maximum Gasteiger partial charge on any atom is 0.0354 e. The van der Waals surface area contributed by atoms with Gasteiger partial charge in [0.05, 0.1) is 0 Å². The van der Waals surface area contributed by atoms with Gasteiger partial charge in [0, 0.05) is 6.04 Å². The van der Waals surface area contributed by atoms with E-state index in [1.165, 1.54) is 54.9 Å². The third-order valence-electron chi connectivity index (χ3n) is 4.95. The highest BCUT2D eigenvalue weighted by Gasteiger charge is 2.24. The van der Waals surface area contributed by atoms with E-state index in [2.05, 4.69) is 54.7 Å². The number of hydrogen-bond acceptors (Lipinski definition) is 1. The molecule has 0 aromatic heterocycles. The number of benzene rings is 2. The molecule has 1 saturated carbocycles. The minimum Gasteiger partial charge on any atom is -0.310 e. The van der Waals surface area contributed by atoms with Crippen LogP contribution in [0, 0.1) is 5.92 Å². The fourth-order valence-corrected chi connectivity index (χ4v) is 3.92. The van der Waals surface area contributed by atoms with E-state index in [4.69, 9.17) is 0 Å². The van der Waals surface area contributed by atoms with Crippen molar-refractivity contribution in [1.82, 2.24) is 5.32 Å². The SMILES string of the molecule is CCNC(c1cccc2ccccc12)C1CCCCCC1. The molecule has 112 valence electrons. The maximum absolute atomic E-state index is 3.79. The average molecular weight is 281 g/mol. The lowest BCUT2D eigenvalue weighted by Crippen LogP contribution is -2.28. The van der Waals surface area contributed by atoms with E-state index in [0.717, 1.165) is 12.5 Å². The summed E-state index contributed by atoms with van der Waals surface area (Å²) < 4.78 is 0. The highest BCUT2D eigenvalue weighted by molar-refractivity contribution is 5.86. The van der Waals surface area contributed by atoms with Gasteiger partial charge < -0.3 is 5.32 Å². The first-order valence-electron chi connectivity index (χ1n) is 8.61. The quantitative estimate of drug-likeness (QED) is 0.734. The summed E-state index contributed by atoms with van der Waals surface area (Å²) in [6.07, 6.45) is 8.40. The van der Waals surface area contributed by atoms with Gasteiger partial charge in [-0.3, -0.25) is 0 Å². The predicted octanol–water partition coefficient (Wildman–Crippen LogP) is 5.46. The third kappa shape index (κ3) is 3.29. The van der Waals surface area contributed by atoms with Crippen molar-refractivity contribution in [3.8, 4) is 0 Å². The summed E-state index contributed by atoms with van der Waals surface area (Å²) in [6.45, 7) is 3.28. The van der Waals surface area contributed by atoms with Crippen molar-refractivity contribution >= 4 is 10.8 Å². The Morgan fingerprint density at radius 2 is 1.67 bits per heavy atom. The van der Waals surface area contributed by atoms with Crippen molar-refractivity contribution in [3.63, 3.8) is 0 Å². The summed E-state index contributed by atoms with van der Waals surface area (Å²) in [6, 6.07) is 16.1. The standard InChI is InChI=1S/C20H27N/c1-2-21-20(17-11-5-3-4-6-12-17)19-15-9-13-16-10-7-8-14-18(16)19/h7-10,13-15,17,20-21H,2-6,11-12H2,1H3. The maximum atomic E-state index is 3.79. The van der Waals surface area contributed by atoms with Crippen molar-refractivity contribution in [3.05, 3.63) is 48.0 Å². The average Bonchev–Trinajstić information content (AvgIpc) is 2.81. The van der Waals surface area contributed by atoms with Gasteiger partial charge in [-0.15, -0.1) is 0 Å². The fourth-order valence-electron chi connectivity index (χ4n) is 3.92. The van der Waals surface area contributed by atoms with Gasteiger partial charge in [-0.25, -0.2) is 0 Å². The summed E-state index contributed by atoms with van der Waals surface area (Å²) in [7, 11) is 0. The van der Waals surface area contributed by atoms with Gasteiger partial charge in [0.1, 0.15) is 0 Å². The van der Waals surface area contributed by atoms with Gasteiger partial charge in [0.15, 0.2) is 0 Å². The molecule has 21 heavy (non-hydrogen) atoms. The smallest absolute Gasteiger partial charge is 0.0354 e. The number of nitrogens with one attached hydrogen (secondary N) is 1. The number of hydrogen-bond donors (Lipinski definition) is 1. The summed E-state index contributed by atoms with van der Waals surface area (Å²) in [5.74, 6) is 0.790. The van der Waals surface area contributed by atoms with E-state index in [1.54, 1.807) is 0 Å². The summed E-state index contributed by atoms with van der Waals surface area (Å²) in [4.78, 5) is 0. The molecule has 1 nitrogen and oxygen atoms in total. The van der Waals surface area contributed by atoms with E-state index >= 15 is 0 Å². The second kappa shape index (κ2) is 7.09. The van der Waals surface area contributed by atoms with Gasteiger partial charge in [0.2, 0.25) is 0 Å². The Balaban J connectivity index is 1.98. The summed E-state index contributed by atoms with van der Waals surface area (Å²) in [5.41, 5.74) is 1.50. The molecule has 2 aromatic carbocycles. The van der Waals surface area contributed by atoms with Gasteiger partial charge in [0.25, 0.3) is 0 Å². The molecule has 2 aromatic rings. The van der Waals surface area contributed by atoms with E-state index < -0.39 is 0 Å². The monoisotopic (exact) mass is 281 g/mol. The number of rotatable bonds is 4. The van der Waals surface area contributed by atoms with E-state index in [1.807, 2.05) is 0 Å². The molecule has 1 heteroatoms. The van der Waals surface area contributed by atoms with Gasteiger partial charge in [-0.05, 0) is 41.6 Å². The molecule has 0 radical (unpaired) electrons. The molecule has 1 aliphatic carbocycles. The molecule has 0 aliphatic heterocycles. The molecule has 3 rings (SSSR count). The molecular weight excluding hydrogens is 254 g/mol. The van der Waals surface area contributed by atoms with Crippen LogP contribution in [0.2, 0.25) is 0 Å². The Morgan fingerprint density at radius 3 is 2.43 bits per heavy atom. The Kier molecular flexibility index (Phi) is 4.92. The van der Waals surface area contributed by atoms with Crippen LogP contribution in [0.4, 0.5) is 0 Å². The van der Waals surface area contributed by atoms with Gasteiger partial charge in [-0.1, -0.05) is 75.1 Å². The molecule has 0 spiro atoms. The first-order chi connectivity index (χ1) is 10.4. The van der Waals surface area contributed by atoms with Crippen LogP contribution in [0.25, 0.3) is 10.8 Å². The Bertz CT molecular complexity index is 562. The van der Waals surface area contributed by atoms with Crippen molar-refractivity contribution in [2.75, 3.05) is 6.54 Å². The van der Waals surface area contributed by atoms with Gasteiger partial charge >= 0.3 is 0 Å². The van der Waals surface area contributed by atoms with Crippen molar-refractivity contribution in [1.29, 1.82) is 0 Å². The Hall–Kier alpha value is -1.34. The first kappa shape index (κ1) is 14.6. The number of fused-ring (bicyclic) bond motifs is 1. The van der Waals surface area contributed by atoms with E-state index in [0.29, 0.717) is 6.04 Å². The molecular formula is C20H27N. The van der Waals surface area contributed by atoms with Crippen LogP contribution in [-0.2, 0) is 0 Å². The Morgan fingerprint density at radius 1 is 0.952 bits per heavy atom. The van der Waals surface area contributed by atoms with Crippen molar-refractivity contribution in [2.24, 2.45) is 5.92 Å². The molecule has 1 aliphatic rings. The van der Waals surface area contributed by atoms with Crippen LogP contribution < -0.4 is 5.32 Å². The van der Waals surface area contributed by atoms with Crippen LogP contribution in [0.1, 0.15) is 57.1 Å². The zero-order valence-electron chi connectivity index (χ0n) is 13.1. The topological polar surface area (TPSA) is 12.0 Å². The van der Waals surface area contributed by atoms with Crippen molar-refractivity contribution in [2.45, 2.75) is 51.5 Å². The minimum atomic E-state index is 0.513. The fraction of sp³-hybridized carbons (Fsp3) is 0.500. The highest BCUT2D eigenvalue weighted by atomic mass is 14.9. The van der Waals surface area contributed by atoms with E-state index in [-0.39, 0.29) is 0 Å². The summed E-state index contributed by atoms with van der Waals surface area (Å²) in [5, 5.41) is 6.58. The van der Waals surface area contributed by atoms with Crippen LogP contribution in [-0.4, -0.2) is 6.54 Å². The van der Waals surface area contributed by atoms with Crippen molar-refractivity contribution < 1.29 is 0 Å². The molecule has 1 N–H and O–H groups in total. The largest absolute Gasteiger partial charge is 0.310 e. The lowest BCUT2D eigenvalue weighted by atomic mass is 9.85. The summed E-state index contributed by atoms with van der Waals surface area (Å²) >= 11 is 0. The molecule has 0 saturated heterocycles. The van der Waals surface area contributed by atoms with Crippen LogP contribution in [0.5, 0.6) is 0 Å². The zero-order valence-corrected chi connectivity index (χ0v) is 13.1. The minimum absolute atomic E-state index is 0.513. The molecule has 1 atom stereocenters. The van der Waals surface area contributed by atoms with Crippen LogP contribution >= 0.6 is 0 Å². The normalized spacial score (nSPS) is 18.5. The lowest BCUT2D eigenvalue weighted by Gasteiger charge is -2.28. The second-order valence-corrected chi connectivity index (χ2v) is 6.36. The zero-order chi connectivity index (χ0) is 14.5. The predicted molar refractivity (Wildman–Crippen MR) is 91.6 cm³/mol. The second-order valence-electron chi connectivity index (χ2n) is 6.36. The van der Waals surface area contributed by atoms with Crippen LogP contribution in [0.3, 0.4) is 0 Å². The molecule has 1 fully saturated rings. The highest BCUT2D eigenvalue weighted by Crippen LogP contribution is 2.36. The lowest BCUT2D eigenvalue weighted by molar-refractivity contribution is 0.332. The third-order valence-corrected chi connectivity index (χ3v) is 4.95. The van der Waals surface area contributed by atoms with Crippen LogP contribution in [0.15, 0.2) is 42.5 Å². The molecule has 0 bridgehead atoms. The first-order valence-corrected chi connectivity index (χ1v) is 8.61. The Labute approximate surface area is 128 Å². The molecule has 1 unspecified atom stereocenters. The molecule has 0 heterocycles.